The van der Waals surface area contributed by atoms with Crippen molar-refractivity contribution >= 4 is 12.6 Å². The molecule has 2 nitrogen and oxygen atoms in total. The second-order valence-corrected chi connectivity index (χ2v) is 3.56. The van der Waals surface area contributed by atoms with Crippen LogP contribution in [0.5, 0.6) is 0 Å². The van der Waals surface area contributed by atoms with E-state index in [9.17, 15) is 0 Å². The summed E-state index contributed by atoms with van der Waals surface area (Å²) in [7, 11) is 0. The second kappa shape index (κ2) is 6.75. The molecule has 1 fully saturated rings. The van der Waals surface area contributed by atoms with Gasteiger partial charge in [0.2, 0.25) is 0 Å². The molecule has 0 spiro atoms. The van der Waals surface area contributed by atoms with Gasteiger partial charge in [0, 0.05) is 5.75 Å². The molecule has 1 aliphatic rings. The van der Waals surface area contributed by atoms with Gasteiger partial charge in [0.25, 0.3) is 0 Å². The predicted octanol–water partition coefficient (Wildman–Crippen LogP) is 1.89. The summed E-state index contributed by atoms with van der Waals surface area (Å²) in [5.41, 5.74) is 0. The van der Waals surface area contributed by atoms with E-state index >= 15 is 0 Å². The second-order valence-electron chi connectivity index (χ2n) is 3.11. The predicted molar refractivity (Wildman–Crippen MR) is 52.9 cm³/mol. The fourth-order valence-corrected chi connectivity index (χ4v) is 1.62. The molecule has 0 aromatic rings. The minimum atomic E-state index is 0.518. The summed E-state index contributed by atoms with van der Waals surface area (Å²) in [5.74, 6) is 0.795. The Morgan fingerprint density at radius 3 is 2.50 bits per heavy atom. The maximum atomic E-state index is 5.60. The molecule has 0 aromatic heterocycles. The van der Waals surface area contributed by atoms with Crippen LogP contribution in [0.3, 0.4) is 0 Å². The van der Waals surface area contributed by atoms with E-state index in [1.807, 2.05) is 0 Å². The third-order valence-electron chi connectivity index (χ3n) is 2.12. The van der Waals surface area contributed by atoms with Crippen molar-refractivity contribution < 1.29 is 9.47 Å². The minimum Gasteiger partial charge on any atom is -0.378 e. The Kier molecular flexibility index (Phi) is 5.82. The summed E-state index contributed by atoms with van der Waals surface area (Å²) >= 11 is 4.04. The summed E-state index contributed by atoms with van der Waals surface area (Å²) < 4.78 is 10.8. The highest BCUT2D eigenvalue weighted by molar-refractivity contribution is 7.80. The number of hydrogen-bond acceptors (Lipinski definition) is 3. The summed E-state index contributed by atoms with van der Waals surface area (Å²) in [5, 5.41) is 0. The van der Waals surface area contributed by atoms with Crippen LogP contribution >= 0.6 is 12.6 Å². The molecule has 12 heavy (non-hydrogen) atoms. The molecule has 0 unspecified atom stereocenters. The van der Waals surface area contributed by atoms with Gasteiger partial charge >= 0.3 is 0 Å². The van der Waals surface area contributed by atoms with Crippen molar-refractivity contribution in [3.63, 3.8) is 0 Å². The Balaban J connectivity index is 1.81. The van der Waals surface area contributed by atoms with E-state index in [4.69, 9.17) is 9.47 Å². The Bertz CT molecular complexity index is 103. The van der Waals surface area contributed by atoms with Gasteiger partial charge in [-0.2, -0.15) is 12.6 Å². The molecule has 1 saturated carbocycles. The van der Waals surface area contributed by atoms with Crippen LogP contribution in [-0.2, 0) is 9.47 Å². The van der Waals surface area contributed by atoms with Crippen molar-refractivity contribution in [2.45, 2.75) is 31.8 Å². The Hall–Kier alpha value is 0.270. The number of hydrogen-bond donors (Lipinski definition) is 1. The van der Waals surface area contributed by atoms with E-state index in [1.54, 1.807) is 0 Å². The lowest BCUT2D eigenvalue weighted by Gasteiger charge is -2.10. The highest BCUT2D eigenvalue weighted by Gasteiger charge is 2.14. The maximum Gasteiger partial charge on any atom is 0.0704 e. The van der Waals surface area contributed by atoms with Crippen LogP contribution in [0.2, 0.25) is 0 Å². The zero-order valence-electron chi connectivity index (χ0n) is 7.50. The Morgan fingerprint density at radius 1 is 1.08 bits per heavy atom. The lowest BCUT2D eigenvalue weighted by molar-refractivity contribution is 0.0115. The van der Waals surface area contributed by atoms with Crippen molar-refractivity contribution in [3.05, 3.63) is 0 Å². The van der Waals surface area contributed by atoms with E-state index in [0.717, 1.165) is 25.6 Å². The van der Waals surface area contributed by atoms with E-state index in [-0.39, 0.29) is 0 Å². The first kappa shape index (κ1) is 10.4. The van der Waals surface area contributed by atoms with Gasteiger partial charge < -0.3 is 9.47 Å². The van der Waals surface area contributed by atoms with Crippen molar-refractivity contribution in [2.24, 2.45) is 0 Å². The van der Waals surface area contributed by atoms with Gasteiger partial charge in [-0.25, -0.2) is 0 Å². The third-order valence-corrected chi connectivity index (χ3v) is 2.30. The highest BCUT2D eigenvalue weighted by atomic mass is 32.1. The smallest absolute Gasteiger partial charge is 0.0704 e. The summed E-state index contributed by atoms with van der Waals surface area (Å²) in [6.07, 6.45) is 5.67. The van der Waals surface area contributed by atoms with Gasteiger partial charge in [-0.05, 0) is 12.8 Å². The van der Waals surface area contributed by atoms with Gasteiger partial charge in [-0.1, -0.05) is 12.8 Å². The molecule has 3 heteroatoms. The molecule has 0 heterocycles. The molecule has 1 rings (SSSR count). The zero-order chi connectivity index (χ0) is 8.65. The van der Waals surface area contributed by atoms with E-state index in [0.29, 0.717) is 6.10 Å². The third kappa shape index (κ3) is 4.33. The molecule has 0 aliphatic heterocycles. The minimum absolute atomic E-state index is 0.518. The summed E-state index contributed by atoms with van der Waals surface area (Å²) in [4.78, 5) is 0. The topological polar surface area (TPSA) is 18.5 Å². The lowest BCUT2D eigenvalue weighted by atomic mass is 10.3. The highest BCUT2D eigenvalue weighted by Crippen LogP contribution is 2.20. The van der Waals surface area contributed by atoms with Gasteiger partial charge in [-0.3, -0.25) is 0 Å². The fraction of sp³-hybridized carbons (Fsp3) is 1.00. The summed E-state index contributed by atoms with van der Waals surface area (Å²) in [6.45, 7) is 2.20. The monoisotopic (exact) mass is 190 g/mol. The van der Waals surface area contributed by atoms with Crippen LogP contribution in [0.25, 0.3) is 0 Å². The molecule has 0 bridgehead atoms. The Morgan fingerprint density at radius 2 is 1.83 bits per heavy atom. The van der Waals surface area contributed by atoms with Crippen LogP contribution < -0.4 is 0 Å². The molecule has 0 atom stereocenters. The first-order valence-electron chi connectivity index (χ1n) is 4.73. The summed E-state index contributed by atoms with van der Waals surface area (Å²) in [6, 6.07) is 0. The average molecular weight is 190 g/mol. The molecule has 72 valence electrons. The van der Waals surface area contributed by atoms with Crippen LogP contribution in [0.1, 0.15) is 25.7 Å². The maximum absolute atomic E-state index is 5.60. The average Bonchev–Trinajstić information content (AvgIpc) is 2.57. The van der Waals surface area contributed by atoms with Crippen molar-refractivity contribution in [1.82, 2.24) is 0 Å². The van der Waals surface area contributed by atoms with Gasteiger partial charge in [0.15, 0.2) is 0 Å². The zero-order valence-corrected chi connectivity index (χ0v) is 8.39. The molecular weight excluding hydrogens is 172 g/mol. The number of rotatable bonds is 6. The van der Waals surface area contributed by atoms with E-state index < -0.39 is 0 Å². The number of ether oxygens (including phenoxy) is 2. The largest absolute Gasteiger partial charge is 0.378 e. The van der Waals surface area contributed by atoms with Gasteiger partial charge in [-0.15, -0.1) is 0 Å². The van der Waals surface area contributed by atoms with Gasteiger partial charge in [0.05, 0.1) is 25.9 Å². The molecular formula is C9H18O2S. The van der Waals surface area contributed by atoms with E-state index in [2.05, 4.69) is 12.6 Å². The van der Waals surface area contributed by atoms with Crippen LogP contribution in [0.4, 0.5) is 0 Å². The first-order valence-corrected chi connectivity index (χ1v) is 5.37. The van der Waals surface area contributed by atoms with Crippen molar-refractivity contribution in [2.75, 3.05) is 25.6 Å². The lowest BCUT2D eigenvalue weighted by Crippen LogP contribution is -2.13. The molecule has 0 aromatic carbocycles. The van der Waals surface area contributed by atoms with Crippen molar-refractivity contribution in [1.29, 1.82) is 0 Å². The molecule has 0 radical (unpaired) electrons. The normalized spacial score (nSPS) is 18.8. The Labute approximate surface area is 80.0 Å². The fourth-order valence-electron chi connectivity index (χ4n) is 1.50. The molecule has 0 N–H and O–H groups in total. The standard InChI is InChI=1S/C9H18O2S/c12-8-7-10-5-6-11-9-3-1-2-4-9/h9,12H,1-8H2. The van der Waals surface area contributed by atoms with Crippen molar-refractivity contribution in [3.8, 4) is 0 Å². The molecule has 0 amide bonds. The first-order chi connectivity index (χ1) is 5.93. The molecule has 0 saturated heterocycles. The number of thiol groups is 1. The van der Waals surface area contributed by atoms with Crippen LogP contribution in [-0.4, -0.2) is 31.7 Å². The van der Waals surface area contributed by atoms with E-state index in [1.165, 1.54) is 25.7 Å². The van der Waals surface area contributed by atoms with Crippen LogP contribution in [0.15, 0.2) is 0 Å². The SMILES string of the molecule is SCCOCCOC1CCCC1. The van der Waals surface area contributed by atoms with Crippen LogP contribution in [0, 0.1) is 0 Å². The molecule has 1 aliphatic carbocycles. The van der Waals surface area contributed by atoms with Gasteiger partial charge in [0.1, 0.15) is 0 Å². The quantitative estimate of drug-likeness (QED) is 0.509.